The second kappa shape index (κ2) is 5.64. The van der Waals surface area contributed by atoms with Crippen molar-refractivity contribution in [2.75, 3.05) is 0 Å². The second-order valence-corrected chi connectivity index (χ2v) is 5.66. The number of benzene rings is 2. The van der Waals surface area contributed by atoms with Gasteiger partial charge in [0, 0.05) is 11.3 Å². The van der Waals surface area contributed by atoms with Crippen LogP contribution >= 0.6 is 24.0 Å². The predicted molar refractivity (Wildman–Crippen MR) is 85.9 cm³/mol. The lowest BCUT2D eigenvalue weighted by Gasteiger charge is -2.01. The van der Waals surface area contributed by atoms with Gasteiger partial charge < -0.3 is 10.2 Å². The number of thiocarbonyl (C=S) groups is 1. The molecule has 3 rings (SSSR count). The molecule has 0 radical (unpaired) electrons. The van der Waals surface area contributed by atoms with E-state index in [-0.39, 0.29) is 0 Å². The molecule has 2 N–H and O–H groups in total. The number of oxazole rings is 1. The number of nitrogens with zero attached hydrogens (tertiary/aromatic N) is 1. The third-order valence-corrected chi connectivity index (χ3v) is 4.01. The Bertz CT molecular complexity index is 717. The largest absolute Gasteiger partial charge is 0.431 e. The maximum Gasteiger partial charge on any atom is 0.257 e. The molecule has 0 saturated heterocycles. The summed E-state index contributed by atoms with van der Waals surface area (Å²) in [4.78, 5) is 4.85. The van der Waals surface area contributed by atoms with Crippen LogP contribution in [0.15, 0.2) is 58.2 Å². The van der Waals surface area contributed by atoms with E-state index in [1.165, 1.54) is 5.56 Å². The van der Waals surface area contributed by atoms with Gasteiger partial charge in [0.15, 0.2) is 5.58 Å². The van der Waals surface area contributed by atoms with E-state index in [4.69, 9.17) is 22.4 Å². The minimum Gasteiger partial charge on any atom is -0.431 e. The molecule has 0 amide bonds. The SMILES string of the molecule is NC(=S)c1ccc(CSc2nc3ccccc3o2)cc1. The molecular weight excluding hydrogens is 288 g/mol. The smallest absolute Gasteiger partial charge is 0.257 e. The molecule has 1 aromatic heterocycles. The normalized spacial score (nSPS) is 10.8. The fraction of sp³-hybridized carbons (Fsp3) is 0.0667. The first-order chi connectivity index (χ1) is 9.72. The zero-order chi connectivity index (χ0) is 13.9. The third-order valence-electron chi connectivity index (χ3n) is 2.88. The molecule has 0 spiro atoms. The van der Waals surface area contributed by atoms with Crippen molar-refractivity contribution >= 4 is 40.1 Å². The van der Waals surface area contributed by atoms with Crippen LogP contribution in [-0.4, -0.2) is 9.97 Å². The van der Waals surface area contributed by atoms with E-state index < -0.39 is 0 Å². The summed E-state index contributed by atoms with van der Waals surface area (Å²) in [5.74, 6) is 0.796. The van der Waals surface area contributed by atoms with Gasteiger partial charge in [-0.1, -0.05) is 60.4 Å². The predicted octanol–water partition coefficient (Wildman–Crippen LogP) is 3.75. The molecule has 0 unspecified atom stereocenters. The molecule has 0 fully saturated rings. The molecule has 100 valence electrons. The zero-order valence-corrected chi connectivity index (χ0v) is 12.2. The summed E-state index contributed by atoms with van der Waals surface area (Å²) in [5.41, 5.74) is 9.34. The first-order valence-electron chi connectivity index (χ1n) is 6.09. The molecule has 0 atom stereocenters. The lowest BCUT2D eigenvalue weighted by atomic mass is 10.1. The molecule has 0 aliphatic heterocycles. The van der Waals surface area contributed by atoms with Gasteiger partial charge in [0.1, 0.15) is 10.5 Å². The minimum absolute atomic E-state index is 0.420. The fourth-order valence-corrected chi connectivity index (χ4v) is 2.75. The molecule has 2 aromatic carbocycles. The first kappa shape index (κ1) is 13.1. The van der Waals surface area contributed by atoms with Crippen molar-refractivity contribution in [3.8, 4) is 0 Å². The highest BCUT2D eigenvalue weighted by molar-refractivity contribution is 7.98. The quantitative estimate of drug-likeness (QED) is 0.587. The van der Waals surface area contributed by atoms with Crippen molar-refractivity contribution in [2.45, 2.75) is 11.0 Å². The van der Waals surface area contributed by atoms with Gasteiger partial charge in [-0.2, -0.15) is 0 Å². The van der Waals surface area contributed by atoms with Crippen LogP contribution in [0.4, 0.5) is 0 Å². The van der Waals surface area contributed by atoms with E-state index >= 15 is 0 Å². The number of hydrogen-bond acceptors (Lipinski definition) is 4. The Balaban J connectivity index is 1.71. The van der Waals surface area contributed by atoms with Crippen molar-refractivity contribution in [1.82, 2.24) is 4.98 Å². The molecule has 0 bridgehead atoms. The number of aromatic nitrogens is 1. The highest BCUT2D eigenvalue weighted by Crippen LogP contribution is 2.26. The van der Waals surface area contributed by atoms with Crippen LogP contribution in [0.2, 0.25) is 0 Å². The van der Waals surface area contributed by atoms with Crippen molar-refractivity contribution in [2.24, 2.45) is 5.73 Å². The summed E-state index contributed by atoms with van der Waals surface area (Å²) in [6.07, 6.45) is 0. The molecule has 20 heavy (non-hydrogen) atoms. The van der Waals surface area contributed by atoms with Crippen molar-refractivity contribution < 1.29 is 4.42 Å². The number of nitrogens with two attached hydrogens (primary N) is 1. The Kier molecular flexibility index (Phi) is 3.71. The van der Waals surface area contributed by atoms with Gasteiger partial charge in [-0.05, 0) is 17.7 Å². The number of rotatable bonds is 4. The Labute approximate surface area is 126 Å². The molecule has 0 saturated carbocycles. The van der Waals surface area contributed by atoms with Crippen molar-refractivity contribution in [1.29, 1.82) is 0 Å². The zero-order valence-electron chi connectivity index (χ0n) is 10.6. The van der Waals surface area contributed by atoms with Crippen LogP contribution in [0.25, 0.3) is 11.1 Å². The molecule has 3 aromatic rings. The highest BCUT2D eigenvalue weighted by atomic mass is 32.2. The van der Waals surface area contributed by atoms with Crippen LogP contribution in [0.3, 0.4) is 0 Å². The van der Waals surface area contributed by atoms with Crippen LogP contribution < -0.4 is 5.73 Å². The summed E-state index contributed by atoms with van der Waals surface area (Å²) in [7, 11) is 0. The van der Waals surface area contributed by atoms with E-state index in [9.17, 15) is 0 Å². The summed E-state index contributed by atoms with van der Waals surface area (Å²) in [5, 5.41) is 0.685. The van der Waals surface area contributed by atoms with Gasteiger partial charge in [-0.25, -0.2) is 4.98 Å². The van der Waals surface area contributed by atoms with Crippen molar-refractivity contribution in [3.63, 3.8) is 0 Å². The average Bonchev–Trinajstić information content (AvgIpc) is 2.88. The summed E-state index contributed by atoms with van der Waals surface area (Å²) in [6, 6.07) is 15.7. The maximum atomic E-state index is 5.66. The van der Waals surface area contributed by atoms with E-state index in [0.717, 1.165) is 22.4 Å². The molecular formula is C15H12N2OS2. The summed E-state index contributed by atoms with van der Waals surface area (Å²) >= 11 is 6.50. The van der Waals surface area contributed by atoms with Crippen LogP contribution in [-0.2, 0) is 5.75 Å². The lowest BCUT2D eigenvalue weighted by molar-refractivity contribution is 0.489. The van der Waals surface area contributed by atoms with Gasteiger partial charge in [0.2, 0.25) is 0 Å². The summed E-state index contributed by atoms with van der Waals surface area (Å²) in [6.45, 7) is 0. The third kappa shape index (κ3) is 2.84. The van der Waals surface area contributed by atoms with E-state index in [1.54, 1.807) is 11.8 Å². The number of thioether (sulfide) groups is 1. The van der Waals surface area contributed by atoms with Crippen LogP contribution in [0.5, 0.6) is 0 Å². The Morgan fingerprint density at radius 3 is 2.60 bits per heavy atom. The first-order valence-corrected chi connectivity index (χ1v) is 7.49. The van der Waals surface area contributed by atoms with Gasteiger partial charge in [-0.15, -0.1) is 0 Å². The number of fused-ring (bicyclic) bond motifs is 1. The molecule has 0 aliphatic carbocycles. The molecule has 1 heterocycles. The molecule has 0 aliphatic rings. The number of hydrogen-bond donors (Lipinski definition) is 1. The lowest BCUT2D eigenvalue weighted by Crippen LogP contribution is -2.08. The standard InChI is InChI=1S/C15H12N2OS2/c16-14(19)11-7-5-10(6-8-11)9-20-15-17-12-3-1-2-4-13(12)18-15/h1-8H,9H2,(H2,16,19). The van der Waals surface area contributed by atoms with E-state index in [0.29, 0.717) is 10.2 Å². The fourth-order valence-electron chi connectivity index (χ4n) is 1.82. The van der Waals surface area contributed by atoms with Gasteiger partial charge in [0.05, 0.1) is 0 Å². The Morgan fingerprint density at radius 1 is 1.15 bits per heavy atom. The maximum absolute atomic E-state index is 5.66. The van der Waals surface area contributed by atoms with E-state index in [2.05, 4.69) is 4.98 Å². The molecule has 5 heteroatoms. The Hall–Kier alpha value is -1.85. The minimum atomic E-state index is 0.420. The van der Waals surface area contributed by atoms with Gasteiger partial charge in [0.25, 0.3) is 5.22 Å². The van der Waals surface area contributed by atoms with Crippen LogP contribution in [0.1, 0.15) is 11.1 Å². The van der Waals surface area contributed by atoms with Crippen molar-refractivity contribution in [3.05, 3.63) is 59.7 Å². The van der Waals surface area contributed by atoms with E-state index in [1.807, 2.05) is 48.5 Å². The van der Waals surface area contributed by atoms with Crippen LogP contribution in [0, 0.1) is 0 Å². The topological polar surface area (TPSA) is 52.0 Å². The second-order valence-electron chi connectivity index (χ2n) is 4.30. The molecule has 3 nitrogen and oxygen atoms in total. The number of para-hydroxylation sites is 2. The highest BCUT2D eigenvalue weighted by Gasteiger charge is 2.06. The van der Waals surface area contributed by atoms with Gasteiger partial charge in [-0.3, -0.25) is 0 Å². The summed E-state index contributed by atoms with van der Waals surface area (Å²) < 4.78 is 5.66. The monoisotopic (exact) mass is 300 g/mol. The Morgan fingerprint density at radius 2 is 1.90 bits per heavy atom. The van der Waals surface area contributed by atoms with Gasteiger partial charge >= 0.3 is 0 Å². The average molecular weight is 300 g/mol.